The summed E-state index contributed by atoms with van der Waals surface area (Å²) in [6.45, 7) is 2.81. The quantitative estimate of drug-likeness (QED) is 0.901. The van der Waals surface area contributed by atoms with Crippen LogP contribution in [0.3, 0.4) is 0 Å². The van der Waals surface area contributed by atoms with Crippen LogP contribution in [0.4, 0.5) is 0 Å². The zero-order chi connectivity index (χ0) is 12.8. The minimum atomic E-state index is 0.742. The SMILES string of the molecule is NCCN(Cc1ccc(Br)cc1)C1CCCCC1. The minimum Gasteiger partial charge on any atom is -0.329 e. The third kappa shape index (κ3) is 4.08. The van der Waals surface area contributed by atoms with Crippen LogP contribution >= 0.6 is 15.9 Å². The molecule has 2 N–H and O–H groups in total. The summed E-state index contributed by atoms with van der Waals surface area (Å²) in [5.41, 5.74) is 7.15. The highest BCUT2D eigenvalue weighted by Gasteiger charge is 2.20. The Hall–Kier alpha value is -0.380. The van der Waals surface area contributed by atoms with Gasteiger partial charge in [-0.05, 0) is 30.5 Å². The Bertz CT molecular complexity index is 344. The van der Waals surface area contributed by atoms with Gasteiger partial charge >= 0.3 is 0 Å². The average Bonchev–Trinajstić information content (AvgIpc) is 2.42. The lowest BCUT2D eigenvalue weighted by Crippen LogP contribution is -2.39. The molecule has 2 rings (SSSR count). The van der Waals surface area contributed by atoms with E-state index in [4.69, 9.17) is 5.73 Å². The molecular formula is C15H23BrN2. The zero-order valence-corrected chi connectivity index (χ0v) is 12.5. The van der Waals surface area contributed by atoms with Gasteiger partial charge in [-0.2, -0.15) is 0 Å². The maximum absolute atomic E-state index is 5.76. The lowest BCUT2D eigenvalue weighted by atomic mass is 9.94. The number of hydrogen-bond donors (Lipinski definition) is 1. The van der Waals surface area contributed by atoms with E-state index >= 15 is 0 Å². The second-order valence-corrected chi connectivity index (χ2v) is 6.09. The smallest absolute Gasteiger partial charge is 0.0237 e. The van der Waals surface area contributed by atoms with Crippen LogP contribution in [-0.2, 0) is 6.54 Å². The maximum Gasteiger partial charge on any atom is 0.0237 e. The summed E-state index contributed by atoms with van der Waals surface area (Å²) in [5.74, 6) is 0. The van der Waals surface area contributed by atoms with Crippen molar-refractivity contribution < 1.29 is 0 Å². The van der Waals surface area contributed by atoms with Crippen LogP contribution in [0, 0.1) is 0 Å². The number of hydrogen-bond acceptors (Lipinski definition) is 2. The summed E-state index contributed by atoms with van der Waals surface area (Å²) >= 11 is 3.49. The van der Waals surface area contributed by atoms with E-state index in [0.29, 0.717) is 0 Å². The van der Waals surface area contributed by atoms with Crippen molar-refractivity contribution in [3.05, 3.63) is 34.3 Å². The standard InChI is InChI=1S/C15H23BrN2/c16-14-8-6-13(7-9-14)12-18(11-10-17)15-4-2-1-3-5-15/h6-9,15H,1-5,10-12,17H2. The third-order valence-corrected chi connectivity index (χ3v) is 4.33. The molecule has 0 spiro atoms. The van der Waals surface area contributed by atoms with Gasteiger partial charge in [0.25, 0.3) is 0 Å². The Morgan fingerprint density at radius 1 is 1.11 bits per heavy atom. The van der Waals surface area contributed by atoms with E-state index in [1.807, 2.05) is 0 Å². The van der Waals surface area contributed by atoms with Gasteiger partial charge in [0.2, 0.25) is 0 Å². The molecule has 0 radical (unpaired) electrons. The van der Waals surface area contributed by atoms with Gasteiger partial charge in [-0.15, -0.1) is 0 Å². The van der Waals surface area contributed by atoms with E-state index in [-0.39, 0.29) is 0 Å². The summed E-state index contributed by atoms with van der Waals surface area (Å²) < 4.78 is 1.15. The highest BCUT2D eigenvalue weighted by atomic mass is 79.9. The molecule has 1 saturated carbocycles. The molecule has 0 saturated heterocycles. The van der Waals surface area contributed by atoms with Crippen LogP contribution in [0.2, 0.25) is 0 Å². The van der Waals surface area contributed by atoms with E-state index in [1.165, 1.54) is 37.7 Å². The fourth-order valence-electron chi connectivity index (χ4n) is 2.83. The Morgan fingerprint density at radius 3 is 2.39 bits per heavy atom. The van der Waals surface area contributed by atoms with Crippen molar-refractivity contribution in [1.82, 2.24) is 4.90 Å². The van der Waals surface area contributed by atoms with Crippen LogP contribution in [0.1, 0.15) is 37.7 Å². The van der Waals surface area contributed by atoms with Crippen LogP contribution in [0.15, 0.2) is 28.7 Å². The summed E-state index contributed by atoms with van der Waals surface area (Å²) in [6.07, 6.45) is 6.86. The first-order valence-electron chi connectivity index (χ1n) is 6.98. The predicted molar refractivity (Wildman–Crippen MR) is 80.5 cm³/mol. The molecule has 0 aliphatic heterocycles. The fourth-order valence-corrected chi connectivity index (χ4v) is 3.09. The average molecular weight is 311 g/mol. The van der Waals surface area contributed by atoms with Crippen molar-refractivity contribution in [3.63, 3.8) is 0 Å². The van der Waals surface area contributed by atoms with E-state index in [0.717, 1.165) is 30.1 Å². The van der Waals surface area contributed by atoms with Crippen LogP contribution < -0.4 is 5.73 Å². The third-order valence-electron chi connectivity index (χ3n) is 3.81. The molecule has 1 fully saturated rings. The van der Waals surface area contributed by atoms with Gasteiger partial charge in [-0.3, -0.25) is 4.90 Å². The lowest BCUT2D eigenvalue weighted by Gasteiger charge is -2.34. The Kier molecular flexibility index (Phi) is 5.67. The molecule has 0 aromatic heterocycles. The molecule has 0 unspecified atom stereocenters. The molecule has 0 heterocycles. The molecule has 0 bridgehead atoms. The van der Waals surface area contributed by atoms with Crippen molar-refractivity contribution in [2.75, 3.05) is 13.1 Å². The summed E-state index contributed by atoms with van der Waals surface area (Å²) in [5, 5.41) is 0. The molecule has 1 aliphatic carbocycles. The second-order valence-electron chi connectivity index (χ2n) is 5.18. The molecule has 1 aromatic rings. The molecule has 2 nitrogen and oxygen atoms in total. The number of nitrogens with two attached hydrogens (primary N) is 1. The summed E-state index contributed by atoms with van der Waals surface area (Å²) in [6, 6.07) is 9.39. The maximum atomic E-state index is 5.76. The molecule has 100 valence electrons. The van der Waals surface area contributed by atoms with Crippen molar-refractivity contribution in [3.8, 4) is 0 Å². The van der Waals surface area contributed by atoms with Gasteiger partial charge in [0.15, 0.2) is 0 Å². The van der Waals surface area contributed by atoms with Gasteiger partial charge in [-0.1, -0.05) is 47.3 Å². The van der Waals surface area contributed by atoms with Gasteiger partial charge in [-0.25, -0.2) is 0 Å². The number of benzene rings is 1. The van der Waals surface area contributed by atoms with E-state index in [2.05, 4.69) is 45.1 Å². The Labute approximate surface area is 119 Å². The highest BCUT2D eigenvalue weighted by Crippen LogP contribution is 2.24. The van der Waals surface area contributed by atoms with Crippen molar-refractivity contribution in [1.29, 1.82) is 0 Å². The van der Waals surface area contributed by atoms with E-state index in [1.54, 1.807) is 0 Å². The van der Waals surface area contributed by atoms with Crippen LogP contribution in [-0.4, -0.2) is 24.0 Å². The number of halogens is 1. The molecule has 1 aromatic carbocycles. The highest BCUT2D eigenvalue weighted by molar-refractivity contribution is 9.10. The molecule has 1 aliphatic rings. The molecule has 0 atom stereocenters. The molecular weight excluding hydrogens is 288 g/mol. The predicted octanol–water partition coefficient (Wildman–Crippen LogP) is 3.54. The second kappa shape index (κ2) is 7.27. The fraction of sp³-hybridized carbons (Fsp3) is 0.600. The topological polar surface area (TPSA) is 29.3 Å². The van der Waals surface area contributed by atoms with Crippen molar-refractivity contribution >= 4 is 15.9 Å². The summed E-state index contributed by atoms with van der Waals surface area (Å²) in [7, 11) is 0. The van der Waals surface area contributed by atoms with Crippen LogP contribution in [0.25, 0.3) is 0 Å². The number of rotatable bonds is 5. The van der Waals surface area contributed by atoms with Gasteiger partial charge in [0.1, 0.15) is 0 Å². The first-order chi connectivity index (χ1) is 8.79. The van der Waals surface area contributed by atoms with Gasteiger partial charge in [0, 0.05) is 30.1 Å². The number of nitrogens with zero attached hydrogens (tertiary/aromatic N) is 1. The first kappa shape index (κ1) is 14.0. The molecule has 0 amide bonds. The zero-order valence-electron chi connectivity index (χ0n) is 10.9. The van der Waals surface area contributed by atoms with E-state index in [9.17, 15) is 0 Å². The first-order valence-corrected chi connectivity index (χ1v) is 7.77. The largest absolute Gasteiger partial charge is 0.329 e. The van der Waals surface area contributed by atoms with Gasteiger partial charge < -0.3 is 5.73 Å². The minimum absolute atomic E-state index is 0.742. The van der Waals surface area contributed by atoms with Crippen molar-refractivity contribution in [2.45, 2.75) is 44.7 Å². The lowest BCUT2D eigenvalue weighted by molar-refractivity contribution is 0.152. The van der Waals surface area contributed by atoms with Crippen molar-refractivity contribution in [2.24, 2.45) is 5.73 Å². The van der Waals surface area contributed by atoms with Gasteiger partial charge in [0.05, 0.1) is 0 Å². The Morgan fingerprint density at radius 2 is 1.78 bits per heavy atom. The molecule has 3 heteroatoms. The molecule has 18 heavy (non-hydrogen) atoms. The normalized spacial score (nSPS) is 17.3. The summed E-state index contributed by atoms with van der Waals surface area (Å²) in [4.78, 5) is 2.57. The van der Waals surface area contributed by atoms with Crippen LogP contribution in [0.5, 0.6) is 0 Å². The Balaban J connectivity index is 1.98. The van der Waals surface area contributed by atoms with E-state index < -0.39 is 0 Å². The monoisotopic (exact) mass is 310 g/mol.